The Bertz CT molecular complexity index is 1140. The Morgan fingerprint density at radius 3 is 2.52 bits per heavy atom. The van der Waals surface area contributed by atoms with E-state index in [-0.39, 0.29) is 22.7 Å². The van der Waals surface area contributed by atoms with Crippen molar-refractivity contribution in [2.45, 2.75) is 43.7 Å². The Kier molecular flexibility index (Phi) is 5.69. The fraction of sp³-hybridized carbons (Fsp3) is 0.435. The van der Waals surface area contributed by atoms with E-state index in [1.165, 1.54) is 11.1 Å². The van der Waals surface area contributed by atoms with Gasteiger partial charge in [0.15, 0.2) is 10.8 Å². The van der Waals surface area contributed by atoms with Crippen molar-refractivity contribution in [1.82, 2.24) is 14.9 Å². The van der Waals surface area contributed by atoms with E-state index in [1.54, 1.807) is 12.3 Å². The van der Waals surface area contributed by atoms with Crippen molar-refractivity contribution in [1.29, 1.82) is 5.26 Å². The number of carbonyl (C=O) groups excluding carboxylic acids is 1. The maximum Gasteiger partial charge on any atom is 0.259 e. The molecule has 0 aromatic carbocycles. The lowest BCUT2D eigenvalue weighted by atomic mass is 9.75. The Morgan fingerprint density at radius 1 is 1.21 bits per heavy atom. The number of halogens is 1. The van der Waals surface area contributed by atoms with Gasteiger partial charge < -0.3 is 14.5 Å². The van der Waals surface area contributed by atoms with Crippen LogP contribution in [0.15, 0.2) is 30.6 Å². The van der Waals surface area contributed by atoms with Gasteiger partial charge in [-0.25, -0.2) is 9.97 Å². The Morgan fingerprint density at radius 2 is 1.94 bits per heavy atom. The first-order chi connectivity index (χ1) is 15.9. The van der Waals surface area contributed by atoms with Crippen molar-refractivity contribution >= 4 is 46.2 Å². The smallest absolute Gasteiger partial charge is 0.259 e. The molecule has 1 saturated carbocycles. The first kappa shape index (κ1) is 22.0. The molecule has 0 bridgehead atoms. The second-order valence-corrected chi connectivity index (χ2v) is 9.53. The lowest BCUT2D eigenvalue weighted by Gasteiger charge is -2.42. The molecule has 4 heterocycles. The van der Waals surface area contributed by atoms with Crippen LogP contribution in [0.1, 0.15) is 37.8 Å². The molecule has 2 aromatic rings. The zero-order chi connectivity index (χ0) is 23.2. The molecule has 1 spiro atoms. The molecule has 1 amide bonds. The molecule has 10 heteroatoms. The van der Waals surface area contributed by atoms with Gasteiger partial charge in [-0.2, -0.15) is 5.26 Å². The molecule has 0 N–H and O–H groups in total. The van der Waals surface area contributed by atoms with Crippen LogP contribution >= 0.6 is 23.8 Å². The van der Waals surface area contributed by atoms with Crippen LogP contribution in [0.2, 0.25) is 5.02 Å². The van der Waals surface area contributed by atoms with Crippen LogP contribution in [-0.4, -0.2) is 57.7 Å². The molecular formula is C23H23ClN6O2S. The molecule has 2 aliphatic heterocycles. The van der Waals surface area contributed by atoms with Crippen LogP contribution in [0.5, 0.6) is 5.88 Å². The molecule has 2 saturated heterocycles. The number of anilines is 2. The number of ether oxygens (including phenoxy) is 1. The fourth-order valence-electron chi connectivity index (χ4n) is 4.69. The summed E-state index contributed by atoms with van der Waals surface area (Å²) >= 11 is 11.9. The number of nitrogens with zero attached hydrogens (tertiary/aromatic N) is 6. The molecule has 5 rings (SSSR count). The molecular weight excluding hydrogens is 460 g/mol. The van der Waals surface area contributed by atoms with Crippen LogP contribution in [0.4, 0.5) is 11.4 Å². The predicted molar refractivity (Wildman–Crippen MR) is 128 cm³/mol. The third kappa shape index (κ3) is 3.72. The normalized spacial score (nSPS) is 20.8. The zero-order valence-corrected chi connectivity index (χ0v) is 19.8. The van der Waals surface area contributed by atoms with E-state index in [0.29, 0.717) is 29.5 Å². The van der Waals surface area contributed by atoms with Crippen LogP contribution in [0, 0.1) is 11.3 Å². The van der Waals surface area contributed by atoms with Gasteiger partial charge >= 0.3 is 0 Å². The molecule has 8 nitrogen and oxygen atoms in total. The first-order valence-electron chi connectivity index (χ1n) is 11.0. The second kappa shape index (κ2) is 8.52. The minimum atomic E-state index is -0.727. The molecule has 170 valence electrons. The summed E-state index contributed by atoms with van der Waals surface area (Å²) in [6, 6.07) is 7.24. The quantitative estimate of drug-likeness (QED) is 0.612. The van der Waals surface area contributed by atoms with Crippen LogP contribution in [0.3, 0.4) is 0 Å². The number of carbonyl (C=O) groups is 1. The van der Waals surface area contributed by atoms with Gasteiger partial charge in [0.2, 0.25) is 5.88 Å². The highest BCUT2D eigenvalue weighted by Crippen LogP contribution is 2.47. The van der Waals surface area contributed by atoms with Gasteiger partial charge in [-0.15, -0.1) is 0 Å². The number of likely N-dealkylation sites (tertiary alicyclic amines) is 1. The van der Waals surface area contributed by atoms with Crippen molar-refractivity contribution in [3.63, 3.8) is 0 Å². The predicted octanol–water partition coefficient (Wildman–Crippen LogP) is 3.54. The van der Waals surface area contributed by atoms with Gasteiger partial charge in [0, 0.05) is 19.2 Å². The summed E-state index contributed by atoms with van der Waals surface area (Å²) < 4.78 is 6.07. The maximum absolute atomic E-state index is 13.5. The number of aromatic nitrogens is 2. The third-order valence-corrected chi connectivity index (χ3v) is 7.37. The highest BCUT2D eigenvalue weighted by Gasteiger charge is 2.59. The van der Waals surface area contributed by atoms with Crippen molar-refractivity contribution < 1.29 is 9.53 Å². The maximum atomic E-state index is 13.5. The highest BCUT2D eigenvalue weighted by molar-refractivity contribution is 7.81. The lowest BCUT2D eigenvalue weighted by Crippen LogP contribution is -2.55. The monoisotopic (exact) mass is 482 g/mol. The fourth-order valence-corrected chi connectivity index (χ4v) is 5.36. The summed E-state index contributed by atoms with van der Waals surface area (Å²) in [5.74, 6) is 0.473. The minimum absolute atomic E-state index is 0.104. The summed E-state index contributed by atoms with van der Waals surface area (Å²) in [7, 11) is 2.12. The lowest BCUT2D eigenvalue weighted by molar-refractivity contribution is -0.123. The molecule has 2 aromatic heterocycles. The summed E-state index contributed by atoms with van der Waals surface area (Å²) in [5.41, 5.74) is 0.588. The van der Waals surface area contributed by atoms with Gasteiger partial charge in [0.05, 0.1) is 28.8 Å². The van der Waals surface area contributed by atoms with Crippen LogP contribution < -0.4 is 14.5 Å². The number of hydrogen-bond donors (Lipinski definition) is 0. The van der Waals surface area contributed by atoms with Crippen LogP contribution in [0.25, 0.3) is 0 Å². The summed E-state index contributed by atoms with van der Waals surface area (Å²) in [4.78, 5) is 27.8. The largest absolute Gasteiger partial charge is 0.474 e. The number of pyridine rings is 2. The van der Waals surface area contributed by atoms with E-state index >= 15 is 0 Å². The molecule has 0 unspecified atom stereocenters. The van der Waals surface area contributed by atoms with E-state index in [4.69, 9.17) is 33.8 Å². The Hall–Kier alpha value is -2.80. The van der Waals surface area contributed by atoms with Gasteiger partial charge in [0.25, 0.3) is 5.91 Å². The molecule has 0 radical (unpaired) electrons. The van der Waals surface area contributed by atoms with Gasteiger partial charge in [-0.05, 0) is 63.5 Å². The minimum Gasteiger partial charge on any atom is -0.474 e. The van der Waals surface area contributed by atoms with E-state index in [2.05, 4.69) is 21.9 Å². The molecule has 33 heavy (non-hydrogen) atoms. The molecule has 3 fully saturated rings. The summed E-state index contributed by atoms with van der Waals surface area (Å²) in [5, 5.41) is 9.65. The number of rotatable bonds is 4. The number of piperidine rings is 1. The third-order valence-electron chi connectivity index (χ3n) is 6.72. The van der Waals surface area contributed by atoms with E-state index in [9.17, 15) is 4.79 Å². The van der Waals surface area contributed by atoms with E-state index < -0.39 is 5.54 Å². The second-order valence-electron chi connectivity index (χ2n) is 8.75. The molecule has 1 aliphatic carbocycles. The van der Waals surface area contributed by atoms with Crippen LogP contribution in [-0.2, 0) is 4.79 Å². The molecule has 0 atom stereocenters. The average Bonchev–Trinajstić information content (AvgIpc) is 3.02. The highest BCUT2D eigenvalue weighted by atomic mass is 35.5. The Balaban J connectivity index is 1.40. The first-order valence-corrected chi connectivity index (χ1v) is 11.8. The van der Waals surface area contributed by atoms with Gasteiger partial charge in [-0.3, -0.25) is 9.69 Å². The van der Waals surface area contributed by atoms with Crippen molar-refractivity contribution in [2.24, 2.45) is 0 Å². The van der Waals surface area contributed by atoms with Crippen molar-refractivity contribution in [3.05, 3.63) is 41.3 Å². The van der Waals surface area contributed by atoms with Crippen molar-refractivity contribution in [3.8, 4) is 11.9 Å². The van der Waals surface area contributed by atoms with E-state index in [0.717, 1.165) is 38.0 Å². The average molecular weight is 483 g/mol. The number of nitriles is 1. The topological polar surface area (TPSA) is 85.6 Å². The summed E-state index contributed by atoms with van der Waals surface area (Å²) in [6.07, 6.45) is 7.64. The van der Waals surface area contributed by atoms with Gasteiger partial charge in [-0.1, -0.05) is 11.6 Å². The molecule has 3 aliphatic rings. The summed E-state index contributed by atoms with van der Waals surface area (Å²) in [6.45, 7) is 2.03. The Labute approximate surface area is 202 Å². The van der Waals surface area contributed by atoms with Crippen molar-refractivity contribution in [2.75, 3.05) is 29.9 Å². The van der Waals surface area contributed by atoms with Gasteiger partial charge in [0.1, 0.15) is 17.7 Å². The number of thiocarbonyl (C=S) groups is 1. The SMILES string of the molecule is CN1CCC(Oc2ccc(N3C(=S)N(c4cnc(C#N)c(Cl)c4)C(=O)C34CCC4)cn2)CC1. The number of amides is 1. The standard InChI is InChI=1S/C23H23ClN6O2S/c1-28-9-5-17(6-10-28)32-20-4-3-15(13-27-20)30-22(33)29(21(31)23(30)7-2-8-23)16-11-18(24)19(12-25)26-14-16/h3-4,11,13-14,17H,2,5-10H2,1H3. The number of hydrogen-bond acceptors (Lipinski definition) is 7. The zero-order valence-electron chi connectivity index (χ0n) is 18.2. The van der Waals surface area contributed by atoms with E-state index in [1.807, 2.05) is 23.1 Å².